The Balaban J connectivity index is 2.69. The summed E-state index contributed by atoms with van der Waals surface area (Å²) in [6, 6.07) is 0. The number of esters is 1. The van der Waals surface area contributed by atoms with E-state index in [0.29, 0.717) is 0 Å². The molecule has 254 valence electrons. The molecule has 22 heteroatoms. The quantitative estimate of drug-likeness (QED) is 0.0733. The third kappa shape index (κ3) is 10.5. The van der Waals surface area contributed by atoms with E-state index in [0.717, 1.165) is 6.92 Å². The van der Waals surface area contributed by atoms with Gasteiger partial charge in [0.1, 0.15) is 0 Å². The normalized spacial score (nSPS) is 10.7. The number of nitrogens with one attached hydrogen (secondary N) is 4. The molecule has 2 aromatic rings. The van der Waals surface area contributed by atoms with Gasteiger partial charge in [-0.1, -0.05) is 0 Å². The molecule has 14 nitrogen and oxygen atoms in total. The molecule has 0 aromatic heterocycles. The molecule has 0 spiro atoms. The second kappa shape index (κ2) is 19.6. The molecule has 0 saturated carbocycles. The third-order valence-electron chi connectivity index (χ3n) is 5.53. The molecule has 0 saturated heterocycles. The van der Waals surface area contributed by atoms with E-state index < -0.39 is 46.2 Å². The van der Waals surface area contributed by atoms with Crippen LogP contribution in [0.1, 0.15) is 48.4 Å². The van der Waals surface area contributed by atoms with E-state index in [1.165, 1.54) is 0 Å². The number of carbonyl (C=O) groups is 7. The van der Waals surface area contributed by atoms with Crippen LogP contribution in [0.4, 0.5) is 11.4 Å². The highest BCUT2D eigenvalue weighted by molar-refractivity contribution is 14.1. The zero-order valence-electron chi connectivity index (χ0n) is 23.1. The summed E-state index contributed by atoms with van der Waals surface area (Å²) in [5.41, 5.74) is -0.562. The molecular formula is C25H18Cl2I6N4O10. The molecule has 6 N–H and O–H groups in total. The fourth-order valence-corrected chi connectivity index (χ4v) is 13.4. The topological polar surface area (TPSA) is 217 Å². The van der Waals surface area contributed by atoms with Gasteiger partial charge in [0, 0.05) is 27.2 Å². The smallest absolute Gasteiger partial charge is 0.303 e. The first-order valence-electron chi connectivity index (χ1n) is 12.3. The Labute approximate surface area is 357 Å². The number of benzene rings is 2. The van der Waals surface area contributed by atoms with E-state index in [9.17, 15) is 33.6 Å². The van der Waals surface area contributed by atoms with Crippen molar-refractivity contribution in [2.24, 2.45) is 0 Å². The molecule has 0 aliphatic carbocycles. The first-order valence-corrected chi connectivity index (χ1v) is 19.5. The summed E-state index contributed by atoms with van der Waals surface area (Å²) in [5.74, 6) is -4.82. The SMILES string of the molecule is CC(=O)OC(C(=O)Nc1c(I)c(C(=O)Cl)c(I)c(C(=O)NCCO)c1I)C(=O)Nc1c(I)c(C(=O)Cl)c(I)c(C(=O)NCCO)c1I. The van der Waals surface area contributed by atoms with Gasteiger partial charge in [-0.3, -0.25) is 33.6 Å². The molecule has 0 radical (unpaired) electrons. The molecule has 4 amide bonds. The van der Waals surface area contributed by atoms with Crippen LogP contribution in [0.25, 0.3) is 0 Å². The second-order valence-electron chi connectivity index (χ2n) is 8.61. The van der Waals surface area contributed by atoms with Crippen molar-refractivity contribution in [3.63, 3.8) is 0 Å². The van der Waals surface area contributed by atoms with E-state index in [4.69, 9.17) is 38.2 Å². The van der Waals surface area contributed by atoms with Crippen molar-refractivity contribution < 1.29 is 48.5 Å². The van der Waals surface area contributed by atoms with Gasteiger partial charge in [0.05, 0.1) is 61.1 Å². The lowest BCUT2D eigenvalue weighted by Gasteiger charge is -2.22. The van der Waals surface area contributed by atoms with Crippen LogP contribution in [-0.2, 0) is 19.1 Å². The molecule has 0 unspecified atom stereocenters. The predicted octanol–water partition coefficient (Wildman–Crippen LogP) is 4.03. The number of hydrogen-bond acceptors (Lipinski definition) is 10. The lowest BCUT2D eigenvalue weighted by Crippen LogP contribution is -2.43. The van der Waals surface area contributed by atoms with Crippen LogP contribution >= 0.6 is 159 Å². The molecule has 2 rings (SSSR count). The molecule has 0 aliphatic rings. The Bertz CT molecular complexity index is 1580. The number of hydrogen-bond donors (Lipinski definition) is 6. The summed E-state index contributed by atoms with van der Waals surface area (Å²) in [4.78, 5) is 89.9. The number of ether oxygens (including phenoxy) is 1. The number of aliphatic hydroxyl groups excluding tert-OH is 2. The van der Waals surface area contributed by atoms with Crippen molar-refractivity contribution in [1.82, 2.24) is 10.6 Å². The van der Waals surface area contributed by atoms with Gasteiger partial charge >= 0.3 is 5.97 Å². The Hall–Kier alpha value is 0.0100. The number of rotatable bonds is 13. The van der Waals surface area contributed by atoms with Crippen LogP contribution in [-0.4, -0.2) is 82.7 Å². The van der Waals surface area contributed by atoms with E-state index in [1.807, 2.05) is 0 Å². The summed E-state index contributed by atoms with van der Waals surface area (Å²) in [7, 11) is 0. The maximum absolute atomic E-state index is 13.6. The second-order valence-corrected chi connectivity index (χ2v) is 15.8. The van der Waals surface area contributed by atoms with Crippen LogP contribution in [0.15, 0.2) is 0 Å². The largest absolute Gasteiger partial charge is 0.442 e. The van der Waals surface area contributed by atoms with Gasteiger partial charge in [0.25, 0.3) is 40.2 Å². The van der Waals surface area contributed by atoms with Gasteiger partial charge in [-0.15, -0.1) is 0 Å². The van der Waals surface area contributed by atoms with Crippen LogP contribution in [0, 0.1) is 21.4 Å². The van der Waals surface area contributed by atoms with Crippen LogP contribution in [0.3, 0.4) is 0 Å². The minimum Gasteiger partial charge on any atom is -0.442 e. The monoisotopic (exact) mass is 1370 g/mol. The number of halogens is 8. The Kier molecular flexibility index (Phi) is 18.0. The van der Waals surface area contributed by atoms with Crippen LogP contribution in [0.5, 0.6) is 0 Å². The average Bonchev–Trinajstić information content (AvgIpc) is 2.97. The van der Waals surface area contributed by atoms with Gasteiger partial charge in [0.2, 0.25) is 0 Å². The Morgan fingerprint density at radius 1 is 0.617 bits per heavy atom. The maximum Gasteiger partial charge on any atom is 0.303 e. The molecule has 47 heavy (non-hydrogen) atoms. The zero-order chi connectivity index (χ0) is 35.9. The molecule has 0 heterocycles. The zero-order valence-corrected chi connectivity index (χ0v) is 37.5. The van der Waals surface area contributed by atoms with Crippen molar-refractivity contribution in [1.29, 1.82) is 0 Å². The highest BCUT2D eigenvalue weighted by Crippen LogP contribution is 2.38. The Morgan fingerprint density at radius 3 is 1.21 bits per heavy atom. The summed E-state index contributed by atoms with van der Waals surface area (Å²) < 4.78 is 5.86. The van der Waals surface area contributed by atoms with Gasteiger partial charge in [-0.05, 0) is 159 Å². The molecular weight excluding hydrogens is 1350 g/mol. The summed E-state index contributed by atoms with van der Waals surface area (Å²) >= 11 is 22.1. The number of aliphatic hydroxyl groups is 2. The molecule has 0 fully saturated rings. The average molecular weight is 1370 g/mol. The number of amides is 4. The van der Waals surface area contributed by atoms with Gasteiger partial charge < -0.3 is 36.2 Å². The fraction of sp³-hybridized carbons (Fsp3) is 0.240. The minimum atomic E-state index is -2.17. The van der Waals surface area contributed by atoms with E-state index in [-0.39, 0.29) is 81.4 Å². The highest BCUT2D eigenvalue weighted by atomic mass is 127. The third-order valence-corrected chi connectivity index (χ3v) is 12.4. The number of anilines is 2. The fourth-order valence-electron chi connectivity index (χ4n) is 3.58. The predicted molar refractivity (Wildman–Crippen MR) is 221 cm³/mol. The van der Waals surface area contributed by atoms with Crippen molar-refractivity contribution in [2.45, 2.75) is 13.0 Å². The first-order chi connectivity index (χ1) is 21.9. The van der Waals surface area contributed by atoms with E-state index >= 15 is 0 Å². The summed E-state index contributed by atoms with van der Waals surface area (Å²) in [5, 5.41) is 26.2. The Morgan fingerprint density at radius 2 is 0.936 bits per heavy atom. The van der Waals surface area contributed by atoms with E-state index in [2.05, 4.69) is 21.3 Å². The van der Waals surface area contributed by atoms with Crippen LogP contribution in [0.2, 0.25) is 0 Å². The summed E-state index contributed by atoms with van der Waals surface area (Å²) in [6.07, 6.45) is -2.17. The lowest BCUT2D eigenvalue weighted by atomic mass is 10.1. The molecule has 0 atom stereocenters. The molecule has 0 aliphatic heterocycles. The number of carbonyl (C=O) groups excluding carboxylic acids is 7. The van der Waals surface area contributed by atoms with Crippen molar-refractivity contribution in [2.75, 3.05) is 36.9 Å². The maximum atomic E-state index is 13.6. The van der Waals surface area contributed by atoms with Gasteiger partial charge in [-0.2, -0.15) is 0 Å². The van der Waals surface area contributed by atoms with Gasteiger partial charge in [-0.25, -0.2) is 0 Å². The first kappa shape index (κ1) is 43.2. The van der Waals surface area contributed by atoms with Crippen molar-refractivity contribution >= 4 is 210 Å². The van der Waals surface area contributed by atoms with Gasteiger partial charge in [0.15, 0.2) is 0 Å². The lowest BCUT2D eigenvalue weighted by molar-refractivity contribution is -0.156. The minimum absolute atomic E-state index is 0.0545. The molecule has 0 bridgehead atoms. The van der Waals surface area contributed by atoms with Crippen molar-refractivity contribution in [3.8, 4) is 0 Å². The standard InChI is InChI=1S/C25H18Cl2I6N4O10/c1-6(40)47-19(24(45)36-17-13(30)7(20(26)41)11(28)9(15(17)32)22(43)34-2-4-38)25(46)37-18-14(31)8(21(27)42)12(29)10(16(18)33)23(44)35-3-5-39/h19,38-39H,2-5H2,1H3,(H,34,43)(H,35,44)(H,36,45)(H,37,46). The van der Waals surface area contributed by atoms with Crippen LogP contribution < -0.4 is 21.3 Å². The highest BCUT2D eigenvalue weighted by Gasteiger charge is 2.36. The van der Waals surface area contributed by atoms with E-state index in [1.54, 1.807) is 136 Å². The summed E-state index contributed by atoms with van der Waals surface area (Å²) in [6.45, 7) is -0.0284. The van der Waals surface area contributed by atoms with Crippen molar-refractivity contribution in [3.05, 3.63) is 43.7 Å². The molecule has 2 aromatic carbocycles.